The molecule has 3 fully saturated rings. The van der Waals surface area contributed by atoms with Crippen molar-refractivity contribution < 1.29 is 13.2 Å². The van der Waals surface area contributed by atoms with Crippen molar-refractivity contribution in [2.45, 2.75) is 30.9 Å². The molecule has 2 aliphatic heterocycles. The summed E-state index contributed by atoms with van der Waals surface area (Å²) in [6.45, 7) is 3.97. The third kappa shape index (κ3) is 3.14. The largest absolute Gasteiger partial charge is 0.379 e. The number of piperidine rings is 1. The number of hydrogen-bond donors (Lipinski definition) is 0. The molecule has 2 saturated heterocycles. The fourth-order valence-electron chi connectivity index (χ4n) is 3.85. The minimum absolute atomic E-state index is 0.143. The van der Waals surface area contributed by atoms with Crippen molar-refractivity contribution in [1.82, 2.24) is 14.3 Å². The first-order chi connectivity index (χ1) is 11.6. The maximum absolute atomic E-state index is 12.7. The highest BCUT2D eigenvalue weighted by Gasteiger charge is 2.46. The lowest BCUT2D eigenvalue weighted by molar-refractivity contribution is 0.0350. The van der Waals surface area contributed by atoms with Crippen LogP contribution in [0, 0.1) is 5.41 Å². The van der Waals surface area contributed by atoms with Crippen LogP contribution in [-0.4, -0.2) is 67.3 Å². The van der Waals surface area contributed by atoms with E-state index in [1.807, 2.05) is 0 Å². The zero-order valence-corrected chi connectivity index (χ0v) is 14.6. The molecule has 24 heavy (non-hydrogen) atoms. The molecule has 1 spiro atoms. The molecule has 0 amide bonds. The predicted molar refractivity (Wildman–Crippen MR) is 90.2 cm³/mol. The van der Waals surface area contributed by atoms with Crippen LogP contribution in [0.1, 0.15) is 25.7 Å². The highest BCUT2D eigenvalue weighted by Crippen LogP contribution is 2.38. The fraction of sp³-hybridized carbons (Fsp3) is 0.750. The van der Waals surface area contributed by atoms with E-state index in [1.165, 1.54) is 0 Å². The van der Waals surface area contributed by atoms with E-state index in [0.29, 0.717) is 26.3 Å². The van der Waals surface area contributed by atoms with Crippen molar-refractivity contribution in [3.63, 3.8) is 0 Å². The predicted octanol–water partition coefficient (Wildman–Crippen LogP) is 0.888. The molecule has 1 unspecified atom stereocenters. The van der Waals surface area contributed by atoms with E-state index in [0.717, 1.165) is 44.6 Å². The van der Waals surface area contributed by atoms with Gasteiger partial charge in [0.1, 0.15) is 5.82 Å². The first-order valence-corrected chi connectivity index (χ1v) is 10.2. The van der Waals surface area contributed by atoms with E-state index in [4.69, 9.17) is 4.74 Å². The first-order valence-electron chi connectivity index (χ1n) is 8.67. The van der Waals surface area contributed by atoms with Crippen LogP contribution < -0.4 is 4.90 Å². The van der Waals surface area contributed by atoms with Crippen molar-refractivity contribution >= 4 is 15.8 Å². The van der Waals surface area contributed by atoms with Crippen molar-refractivity contribution in [2.24, 2.45) is 5.41 Å². The molecule has 7 nitrogen and oxygen atoms in total. The molecule has 1 atom stereocenters. The van der Waals surface area contributed by atoms with E-state index in [1.54, 1.807) is 22.9 Å². The Morgan fingerprint density at radius 3 is 2.83 bits per heavy atom. The van der Waals surface area contributed by atoms with Crippen LogP contribution in [0.2, 0.25) is 0 Å². The van der Waals surface area contributed by atoms with Gasteiger partial charge in [0.05, 0.1) is 24.7 Å². The Labute approximate surface area is 143 Å². The summed E-state index contributed by atoms with van der Waals surface area (Å²) in [7, 11) is -3.13. The van der Waals surface area contributed by atoms with Crippen LogP contribution >= 0.6 is 0 Å². The Bertz CT molecular complexity index is 680. The minimum atomic E-state index is -3.13. The summed E-state index contributed by atoms with van der Waals surface area (Å²) in [5.41, 5.74) is -0.159. The standard InChI is InChI=1S/C16H24N4O3S/c21-24(22,14-2-3-14)20-7-1-4-16(12-20)11-19(8-9-23-13-16)15-10-17-5-6-18-15/h5-6,10,14H,1-4,7-9,11-13H2. The second-order valence-electron chi connectivity index (χ2n) is 7.22. The second kappa shape index (κ2) is 6.24. The highest BCUT2D eigenvalue weighted by atomic mass is 32.2. The molecule has 1 aliphatic carbocycles. The van der Waals surface area contributed by atoms with Crippen LogP contribution in [0.4, 0.5) is 5.82 Å². The van der Waals surface area contributed by atoms with E-state index >= 15 is 0 Å². The monoisotopic (exact) mass is 352 g/mol. The number of aromatic nitrogens is 2. The average molecular weight is 352 g/mol. The molecular formula is C16H24N4O3S. The maximum atomic E-state index is 12.7. The van der Waals surface area contributed by atoms with Gasteiger partial charge in [-0.05, 0) is 25.7 Å². The molecule has 0 radical (unpaired) electrons. The minimum Gasteiger partial charge on any atom is -0.379 e. The molecule has 1 aromatic rings. The number of rotatable bonds is 3. The lowest BCUT2D eigenvalue weighted by atomic mass is 9.81. The lowest BCUT2D eigenvalue weighted by Crippen LogP contribution is -2.52. The van der Waals surface area contributed by atoms with Gasteiger partial charge in [0, 0.05) is 44.0 Å². The molecule has 3 heterocycles. The van der Waals surface area contributed by atoms with Gasteiger partial charge >= 0.3 is 0 Å². The Morgan fingerprint density at radius 1 is 1.21 bits per heavy atom. The van der Waals surface area contributed by atoms with Gasteiger partial charge < -0.3 is 9.64 Å². The van der Waals surface area contributed by atoms with Crippen molar-refractivity contribution in [3.05, 3.63) is 18.6 Å². The summed E-state index contributed by atoms with van der Waals surface area (Å²) in [5, 5.41) is -0.143. The summed E-state index contributed by atoms with van der Waals surface area (Å²) in [6, 6.07) is 0. The normalized spacial score (nSPS) is 29.6. The molecule has 4 rings (SSSR count). The summed E-state index contributed by atoms with van der Waals surface area (Å²) < 4.78 is 32.9. The topological polar surface area (TPSA) is 75.6 Å². The fourth-order valence-corrected chi connectivity index (χ4v) is 5.84. The second-order valence-corrected chi connectivity index (χ2v) is 9.43. The van der Waals surface area contributed by atoms with Crippen LogP contribution in [0.3, 0.4) is 0 Å². The van der Waals surface area contributed by atoms with E-state index in [-0.39, 0.29) is 10.7 Å². The SMILES string of the molecule is O=S(=O)(C1CC1)N1CCCC2(COCCN(c3cnccn3)C2)C1. The Kier molecular flexibility index (Phi) is 4.22. The number of nitrogens with zero attached hydrogens (tertiary/aromatic N) is 4. The molecule has 0 aromatic carbocycles. The Hall–Kier alpha value is -1.25. The Morgan fingerprint density at radius 2 is 2.08 bits per heavy atom. The van der Waals surface area contributed by atoms with E-state index in [2.05, 4.69) is 14.9 Å². The van der Waals surface area contributed by atoms with Crippen LogP contribution in [0.15, 0.2) is 18.6 Å². The van der Waals surface area contributed by atoms with Gasteiger partial charge in [-0.15, -0.1) is 0 Å². The van der Waals surface area contributed by atoms with E-state index in [9.17, 15) is 8.42 Å². The van der Waals surface area contributed by atoms with Gasteiger partial charge in [-0.25, -0.2) is 17.7 Å². The van der Waals surface area contributed by atoms with Crippen molar-refractivity contribution in [1.29, 1.82) is 0 Å². The van der Waals surface area contributed by atoms with Crippen LogP contribution in [0.5, 0.6) is 0 Å². The summed E-state index contributed by atoms with van der Waals surface area (Å²) in [6.07, 6.45) is 8.63. The lowest BCUT2D eigenvalue weighted by Gasteiger charge is -2.43. The van der Waals surface area contributed by atoms with Gasteiger partial charge in [0.25, 0.3) is 0 Å². The third-order valence-electron chi connectivity index (χ3n) is 5.25. The van der Waals surface area contributed by atoms with Crippen LogP contribution in [0.25, 0.3) is 0 Å². The maximum Gasteiger partial charge on any atom is 0.217 e. The van der Waals surface area contributed by atoms with Crippen LogP contribution in [-0.2, 0) is 14.8 Å². The molecular weight excluding hydrogens is 328 g/mol. The first kappa shape index (κ1) is 16.2. The van der Waals surface area contributed by atoms with Gasteiger partial charge in [-0.1, -0.05) is 0 Å². The summed E-state index contributed by atoms with van der Waals surface area (Å²) in [5.74, 6) is 0.838. The zero-order valence-electron chi connectivity index (χ0n) is 13.8. The summed E-state index contributed by atoms with van der Waals surface area (Å²) >= 11 is 0. The van der Waals surface area contributed by atoms with E-state index < -0.39 is 10.0 Å². The number of anilines is 1. The zero-order chi connectivity index (χ0) is 16.6. The van der Waals surface area contributed by atoms with Crippen molar-refractivity contribution in [3.8, 4) is 0 Å². The van der Waals surface area contributed by atoms with Gasteiger partial charge in [-0.3, -0.25) is 4.98 Å². The smallest absolute Gasteiger partial charge is 0.217 e. The average Bonchev–Trinajstić information content (AvgIpc) is 3.44. The van der Waals surface area contributed by atoms with Gasteiger partial charge in [0.2, 0.25) is 10.0 Å². The molecule has 8 heteroatoms. The number of hydrogen-bond acceptors (Lipinski definition) is 6. The molecule has 1 aromatic heterocycles. The molecule has 132 valence electrons. The Balaban J connectivity index is 1.56. The van der Waals surface area contributed by atoms with Gasteiger partial charge in [0.15, 0.2) is 0 Å². The highest BCUT2D eigenvalue weighted by molar-refractivity contribution is 7.90. The van der Waals surface area contributed by atoms with Crippen molar-refractivity contribution in [2.75, 3.05) is 44.3 Å². The third-order valence-corrected chi connectivity index (χ3v) is 7.59. The molecule has 1 saturated carbocycles. The molecule has 0 N–H and O–H groups in total. The molecule has 0 bridgehead atoms. The van der Waals surface area contributed by atoms with Gasteiger partial charge in [-0.2, -0.15) is 0 Å². The number of ether oxygens (including phenoxy) is 1. The molecule has 3 aliphatic rings. The number of sulfonamides is 1. The summed E-state index contributed by atoms with van der Waals surface area (Å²) in [4.78, 5) is 10.8. The quantitative estimate of drug-likeness (QED) is 0.804.